The lowest BCUT2D eigenvalue weighted by molar-refractivity contribution is -0.121. The van der Waals surface area contributed by atoms with Crippen molar-refractivity contribution in [1.82, 2.24) is 16.0 Å². The number of amides is 1. The number of hydrogen-bond donors (Lipinski definition) is 4. The van der Waals surface area contributed by atoms with Crippen LogP contribution in [0.4, 0.5) is 0 Å². The monoisotopic (exact) mass is 458 g/mol. The molecule has 8 heteroatoms. The van der Waals surface area contributed by atoms with Gasteiger partial charge >= 0.3 is 0 Å². The summed E-state index contributed by atoms with van der Waals surface area (Å²) in [6.07, 6.45) is -0.624. The molecule has 144 valence electrons. The summed E-state index contributed by atoms with van der Waals surface area (Å²) in [6.45, 7) is 13.7. The predicted molar refractivity (Wildman–Crippen MR) is 109 cm³/mol. The molecule has 0 heterocycles. The van der Waals surface area contributed by atoms with Crippen LogP contribution in [0.1, 0.15) is 41.5 Å². The van der Waals surface area contributed by atoms with E-state index in [9.17, 15) is 9.90 Å². The molecule has 0 saturated heterocycles. The minimum absolute atomic E-state index is 0. The summed E-state index contributed by atoms with van der Waals surface area (Å²) < 4.78 is 5.39. The van der Waals surface area contributed by atoms with E-state index in [1.807, 2.05) is 27.7 Å². The normalized spacial score (nSPS) is 13.2. The number of guanidine groups is 1. The number of hydrogen-bond acceptors (Lipinski definition) is 4. The Kier molecular flexibility index (Phi) is 14.6. The maximum absolute atomic E-state index is 11.8. The van der Waals surface area contributed by atoms with E-state index in [1.54, 1.807) is 0 Å². The van der Waals surface area contributed by atoms with Crippen LogP contribution in [0.25, 0.3) is 0 Å². The van der Waals surface area contributed by atoms with Gasteiger partial charge in [-0.3, -0.25) is 4.79 Å². The molecule has 0 fully saturated rings. The summed E-state index contributed by atoms with van der Waals surface area (Å²) in [4.78, 5) is 16.0. The average Bonchev–Trinajstić information content (AvgIpc) is 2.39. The van der Waals surface area contributed by atoms with Crippen molar-refractivity contribution >= 4 is 35.8 Å². The van der Waals surface area contributed by atoms with Gasteiger partial charge in [0.25, 0.3) is 0 Å². The van der Waals surface area contributed by atoms with Crippen molar-refractivity contribution in [2.24, 2.45) is 10.9 Å². The van der Waals surface area contributed by atoms with Crippen molar-refractivity contribution in [3.63, 3.8) is 0 Å². The number of rotatable bonds is 9. The molecule has 1 unspecified atom stereocenters. The average molecular weight is 458 g/mol. The Morgan fingerprint density at radius 3 is 2.33 bits per heavy atom. The summed E-state index contributed by atoms with van der Waals surface area (Å²) in [5, 5.41) is 18.8. The van der Waals surface area contributed by atoms with E-state index in [2.05, 4.69) is 34.8 Å². The largest absolute Gasteiger partial charge is 0.389 e. The third kappa shape index (κ3) is 16.3. The van der Waals surface area contributed by atoms with Crippen LogP contribution < -0.4 is 16.0 Å². The third-order valence-corrected chi connectivity index (χ3v) is 2.51. The van der Waals surface area contributed by atoms with E-state index in [1.165, 1.54) is 0 Å². The van der Waals surface area contributed by atoms with Crippen molar-refractivity contribution in [3.8, 4) is 0 Å². The lowest BCUT2D eigenvalue weighted by Crippen LogP contribution is -2.44. The standard InChI is InChI=1S/C16H34N4O3.HI/c1-7-17-15(19-9-14(22)20-16(4,5)6)18-8-13(21)11-23-10-12(2)3;/h12-13,21H,7-11H2,1-6H3,(H,20,22)(H2,17,18,19);1H. The Morgan fingerprint density at radius 2 is 1.83 bits per heavy atom. The number of halogens is 1. The highest BCUT2D eigenvalue weighted by atomic mass is 127. The van der Waals surface area contributed by atoms with Gasteiger partial charge in [-0.1, -0.05) is 13.8 Å². The summed E-state index contributed by atoms with van der Waals surface area (Å²) in [5.41, 5.74) is -0.275. The molecule has 7 nitrogen and oxygen atoms in total. The van der Waals surface area contributed by atoms with Crippen molar-refractivity contribution in [2.45, 2.75) is 53.2 Å². The molecule has 0 spiro atoms. The quantitative estimate of drug-likeness (QED) is 0.236. The lowest BCUT2D eigenvalue weighted by Gasteiger charge is -2.20. The molecule has 0 aromatic heterocycles. The lowest BCUT2D eigenvalue weighted by atomic mass is 10.1. The van der Waals surface area contributed by atoms with Crippen molar-refractivity contribution in [1.29, 1.82) is 0 Å². The number of carbonyl (C=O) groups is 1. The number of nitrogens with zero attached hydrogens (tertiary/aromatic N) is 1. The Balaban J connectivity index is 0. The second-order valence-corrected chi connectivity index (χ2v) is 6.96. The van der Waals surface area contributed by atoms with Crippen molar-refractivity contribution < 1.29 is 14.6 Å². The van der Waals surface area contributed by atoms with Crippen LogP contribution in [0.5, 0.6) is 0 Å². The Hall–Kier alpha value is -0.610. The van der Waals surface area contributed by atoms with Crippen LogP contribution in [0.3, 0.4) is 0 Å². The zero-order valence-electron chi connectivity index (χ0n) is 15.8. The smallest absolute Gasteiger partial charge is 0.242 e. The maximum atomic E-state index is 11.8. The summed E-state index contributed by atoms with van der Waals surface area (Å²) >= 11 is 0. The van der Waals surface area contributed by atoms with Crippen LogP contribution in [0, 0.1) is 5.92 Å². The zero-order chi connectivity index (χ0) is 17.9. The first-order valence-electron chi connectivity index (χ1n) is 8.23. The second kappa shape index (κ2) is 13.7. The fourth-order valence-corrected chi connectivity index (χ4v) is 1.66. The number of nitrogens with one attached hydrogen (secondary N) is 3. The van der Waals surface area contributed by atoms with Gasteiger partial charge < -0.3 is 25.8 Å². The third-order valence-electron chi connectivity index (χ3n) is 2.51. The molecule has 0 aromatic carbocycles. The van der Waals surface area contributed by atoms with Crippen LogP contribution in [-0.2, 0) is 9.53 Å². The number of aliphatic hydroxyl groups excluding tert-OH is 1. The molecule has 0 aliphatic heterocycles. The van der Waals surface area contributed by atoms with Crippen molar-refractivity contribution in [3.05, 3.63) is 0 Å². The van der Waals surface area contributed by atoms with Crippen LogP contribution in [0.15, 0.2) is 4.99 Å². The van der Waals surface area contributed by atoms with E-state index < -0.39 is 6.10 Å². The van der Waals surface area contributed by atoms with Crippen LogP contribution in [0.2, 0.25) is 0 Å². The zero-order valence-corrected chi connectivity index (χ0v) is 18.1. The predicted octanol–water partition coefficient (Wildman–Crippen LogP) is 1.11. The van der Waals surface area contributed by atoms with Gasteiger partial charge in [-0.15, -0.1) is 24.0 Å². The minimum Gasteiger partial charge on any atom is -0.389 e. The SMILES string of the molecule is CCNC(=NCC(=O)NC(C)(C)C)NCC(O)COCC(C)C.I. The Labute approximate surface area is 163 Å². The molecular weight excluding hydrogens is 423 g/mol. The van der Waals surface area contributed by atoms with Gasteiger partial charge in [-0.2, -0.15) is 0 Å². The first-order valence-corrected chi connectivity index (χ1v) is 8.23. The van der Waals surface area contributed by atoms with Gasteiger partial charge in [0.15, 0.2) is 5.96 Å². The molecule has 0 bridgehead atoms. The fourth-order valence-electron chi connectivity index (χ4n) is 1.66. The van der Waals surface area contributed by atoms with Crippen LogP contribution >= 0.6 is 24.0 Å². The highest BCUT2D eigenvalue weighted by molar-refractivity contribution is 14.0. The van der Waals surface area contributed by atoms with Crippen LogP contribution in [-0.4, -0.2) is 61.5 Å². The number of ether oxygens (including phenoxy) is 1. The van der Waals surface area contributed by atoms with E-state index in [0.29, 0.717) is 31.6 Å². The highest BCUT2D eigenvalue weighted by Crippen LogP contribution is 1.97. The maximum Gasteiger partial charge on any atom is 0.242 e. The molecule has 0 saturated carbocycles. The summed E-state index contributed by atoms with van der Waals surface area (Å²) in [5.74, 6) is 0.797. The van der Waals surface area contributed by atoms with Gasteiger partial charge in [0.2, 0.25) is 5.91 Å². The highest BCUT2D eigenvalue weighted by Gasteiger charge is 2.13. The Bertz CT molecular complexity index is 371. The molecule has 0 rings (SSSR count). The molecule has 0 aliphatic carbocycles. The molecule has 1 atom stereocenters. The van der Waals surface area contributed by atoms with E-state index in [-0.39, 0.29) is 48.6 Å². The summed E-state index contributed by atoms with van der Waals surface area (Å²) in [7, 11) is 0. The van der Waals surface area contributed by atoms with Gasteiger partial charge in [-0.05, 0) is 33.6 Å². The fraction of sp³-hybridized carbons (Fsp3) is 0.875. The topological polar surface area (TPSA) is 95.0 Å². The molecule has 24 heavy (non-hydrogen) atoms. The van der Waals surface area contributed by atoms with E-state index in [4.69, 9.17) is 4.74 Å². The van der Waals surface area contributed by atoms with E-state index in [0.717, 1.165) is 0 Å². The number of aliphatic imine (C=N–C) groups is 1. The molecule has 4 N–H and O–H groups in total. The molecule has 0 radical (unpaired) electrons. The Morgan fingerprint density at radius 1 is 1.21 bits per heavy atom. The minimum atomic E-state index is -0.624. The van der Waals surface area contributed by atoms with E-state index >= 15 is 0 Å². The van der Waals surface area contributed by atoms with Gasteiger partial charge in [0.1, 0.15) is 6.54 Å². The summed E-state index contributed by atoms with van der Waals surface area (Å²) in [6, 6.07) is 0. The van der Waals surface area contributed by atoms with Gasteiger partial charge in [0, 0.05) is 25.2 Å². The molecular formula is C16H35IN4O3. The van der Waals surface area contributed by atoms with Gasteiger partial charge in [-0.25, -0.2) is 4.99 Å². The number of aliphatic hydroxyl groups is 1. The second-order valence-electron chi connectivity index (χ2n) is 6.96. The molecule has 0 aromatic rings. The molecule has 1 amide bonds. The number of carbonyl (C=O) groups excluding carboxylic acids is 1. The van der Waals surface area contributed by atoms with Gasteiger partial charge in [0.05, 0.1) is 12.7 Å². The molecule has 0 aliphatic rings. The van der Waals surface area contributed by atoms with Crippen molar-refractivity contribution in [2.75, 3.05) is 32.8 Å². The first kappa shape index (κ1) is 25.6. The first-order chi connectivity index (χ1) is 10.6.